The van der Waals surface area contributed by atoms with Crippen LogP contribution in [0, 0.1) is 0 Å². The number of nitrogens with one attached hydrogen (secondary N) is 1. The summed E-state index contributed by atoms with van der Waals surface area (Å²) in [6, 6.07) is 3.45. The van der Waals surface area contributed by atoms with Crippen LogP contribution < -0.4 is 5.32 Å². The van der Waals surface area contributed by atoms with Gasteiger partial charge in [0.1, 0.15) is 0 Å². The molecule has 1 aliphatic rings. The van der Waals surface area contributed by atoms with Gasteiger partial charge in [-0.15, -0.1) is 24.0 Å². The lowest BCUT2D eigenvalue weighted by molar-refractivity contribution is 0.0657. The summed E-state index contributed by atoms with van der Waals surface area (Å²) in [6.45, 7) is 8.83. The first-order valence-electron chi connectivity index (χ1n) is 8.04. The van der Waals surface area contributed by atoms with Crippen LogP contribution in [0.25, 0.3) is 0 Å². The van der Waals surface area contributed by atoms with Gasteiger partial charge in [-0.2, -0.15) is 11.8 Å². The van der Waals surface area contributed by atoms with Crippen LogP contribution in [0.3, 0.4) is 0 Å². The first-order chi connectivity index (χ1) is 11.2. The maximum absolute atomic E-state index is 12.3. The minimum atomic E-state index is -0.0346. The van der Waals surface area contributed by atoms with E-state index in [1.165, 1.54) is 6.26 Å². The second-order valence-corrected chi connectivity index (χ2v) is 6.77. The molecule has 2 heterocycles. The molecule has 0 radical (unpaired) electrons. The van der Waals surface area contributed by atoms with Crippen molar-refractivity contribution in [2.75, 3.05) is 45.5 Å². The average molecular weight is 466 g/mol. The maximum atomic E-state index is 12.3. The normalized spacial score (nSPS) is 16.5. The standard InChI is InChI=1S/C16H26N4O2S.HI/c1-4-17-16(18-12-13(2)23-3)20-9-7-19(8-10-20)15(21)14-6-5-11-22-14;/h5-6,11,13H,4,7-10,12H2,1-3H3,(H,17,18);1H. The molecule has 1 amide bonds. The SMILES string of the molecule is CCNC(=NCC(C)SC)N1CCN(C(=O)c2ccco2)CC1.I. The van der Waals surface area contributed by atoms with Gasteiger partial charge in [0.25, 0.3) is 5.91 Å². The van der Waals surface area contributed by atoms with Crippen molar-refractivity contribution in [2.24, 2.45) is 4.99 Å². The number of piperazine rings is 1. The van der Waals surface area contributed by atoms with E-state index < -0.39 is 0 Å². The molecule has 24 heavy (non-hydrogen) atoms. The van der Waals surface area contributed by atoms with E-state index in [-0.39, 0.29) is 29.9 Å². The van der Waals surface area contributed by atoms with Gasteiger partial charge in [-0.25, -0.2) is 0 Å². The summed E-state index contributed by atoms with van der Waals surface area (Å²) in [7, 11) is 0. The number of nitrogens with zero attached hydrogens (tertiary/aromatic N) is 3. The predicted octanol–water partition coefficient (Wildman–Crippen LogP) is 2.37. The summed E-state index contributed by atoms with van der Waals surface area (Å²) in [4.78, 5) is 21.1. The molecule has 0 aromatic carbocycles. The van der Waals surface area contributed by atoms with Crippen molar-refractivity contribution in [3.63, 3.8) is 0 Å². The van der Waals surface area contributed by atoms with E-state index in [1.807, 2.05) is 16.7 Å². The number of furan rings is 1. The van der Waals surface area contributed by atoms with Crippen LogP contribution in [0.4, 0.5) is 0 Å². The summed E-state index contributed by atoms with van der Waals surface area (Å²) in [5.41, 5.74) is 0. The van der Waals surface area contributed by atoms with E-state index >= 15 is 0 Å². The van der Waals surface area contributed by atoms with Crippen LogP contribution in [0.1, 0.15) is 24.4 Å². The van der Waals surface area contributed by atoms with E-state index in [0.29, 0.717) is 24.1 Å². The van der Waals surface area contributed by atoms with E-state index in [2.05, 4.69) is 30.3 Å². The van der Waals surface area contributed by atoms with Crippen LogP contribution >= 0.6 is 35.7 Å². The Hall–Kier alpha value is -0.900. The number of thioether (sulfide) groups is 1. The summed E-state index contributed by atoms with van der Waals surface area (Å²) in [5.74, 6) is 1.32. The number of carbonyl (C=O) groups is 1. The van der Waals surface area contributed by atoms with Gasteiger partial charge in [0.05, 0.1) is 12.8 Å². The molecule has 1 N–H and O–H groups in total. The van der Waals surface area contributed by atoms with E-state index in [4.69, 9.17) is 9.41 Å². The molecule has 0 saturated carbocycles. The monoisotopic (exact) mass is 466 g/mol. The number of hydrogen-bond acceptors (Lipinski definition) is 4. The Kier molecular flexibility index (Phi) is 9.57. The summed E-state index contributed by atoms with van der Waals surface area (Å²) in [6.07, 6.45) is 3.64. The van der Waals surface area contributed by atoms with Crippen LogP contribution in [0.15, 0.2) is 27.8 Å². The van der Waals surface area contributed by atoms with Gasteiger partial charge in [0.2, 0.25) is 0 Å². The van der Waals surface area contributed by atoms with Crippen molar-refractivity contribution in [1.29, 1.82) is 0 Å². The van der Waals surface area contributed by atoms with E-state index in [1.54, 1.807) is 12.1 Å². The molecule has 8 heteroatoms. The Morgan fingerprint density at radius 2 is 2.04 bits per heavy atom. The molecular weight excluding hydrogens is 439 g/mol. The van der Waals surface area contributed by atoms with Crippen molar-refractivity contribution in [3.8, 4) is 0 Å². The summed E-state index contributed by atoms with van der Waals surface area (Å²) in [5, 5.41) is 3.85. The zero-order valence-corrected chi connectivity index (χ0v) is 17.7. The van der Waals surface area contributed by atoms with Crippen LogP contribution in [0.5, 0.6) is 0 Å². The number of halogens is 1. The maximum Gasteiger partial charge on any atom is 0.289 e. The van der Waals surface area contributed by atoms with Gasteiger partial charge in [-0.3, -0.25) is 9.79 Å². The van der Waals surface area contributed by atoms with Crippen molar-refractivity contribution in [2.45, 2.75) is 19.1 Å². The summed E-state index contributed by atoms with van der Waals surface area (Å²) >= 11 is 1.82. The van der Waals surface area contributed by atoms with E-state index in [9.17, 15) is 4.79 Å². The molecule has 6 nitrogen and oxygen atoms in total. The number of aliphatic imine (C=N–C) groups is 1. The minimum Gasteiger partial charge on any atom is -0.459 e. The molecule has 1 fully saturated rings. The van der Waals surface area contributed by atoms with Gasteiger partial charge in [0.15, 0.2) is 11.7 Å². The fourth-order valence-corrected chi connectivity index (χ4v) is 2.62. The lowest BCUT2D eigenvalue weighted by Gasteiger charge is -2.36. The Balaban J connectivity index is 0.00000288. The molecular formula is C16H27IN4O2S. The lowest BCUT2D eigenvalue weighted by atomic mass is 10.3. The second kappa shape index (κ2) is 10.9. The first-order valence-corrected chi connectivity index (χ1v) is 9.33. The highest BCUT2D eigenvalue weighted by Crippen LogP contribution is 2.10. The topological polar surface area (TPSA) is 61.1 Å². The zero-order valence-electron chi connectivity index (χ0n) is 14.5. The van der Waals surface area contributed by atoms with Crippen molar-refractivity contribution in [3.05, 3.63) is 24.2 Å². The molecule has 1 unspecified atom stereocenters. The highest BCUT2D eigenvalue weighted by Gasteiger charge is 2.25. The van der Waals surface area contributed by atoms with Crippen molar-refractivity contribution >= 4 is 47.6 Å². The fraction of sp³-hybridized carbons (Fsp3) is 0.625. The first kappa shape index (κ1) is 21.1. The highest BCUT2D eigenvalue weighted by atomic mass is 127. The number of carbonyl (C=O) groups excluding carboxylic acids is 1. The van der Waals surface area contributed by atoms with Gasteiger partial charge < -0.3 is 19.5 Å². The predicted molar refractivity (Wildman–Crippen MR) is 111 cm³/mol. The Morgan fingerprint density at radius 1 is 1.38 bits per heavy atom. The zero-order chi connectivity index (χ0) is 16.7. The third kappa shape index (κ3) is 5.87. The molecule has 1 aliphatic heterocycles. The largest absolute Gasteiger partial charge is 0.459 e. The van der Waals surface area contributed by atoms with Crippen molar-refractivity contribution < 1.29 is 9.21 Å². The van der Waals surface area contributed by atoms with Gasteiger partial charge >= 0.3 is 0 Å². The number of hydrogen-bond donors (Lipinski definition) is 1. The molecule has 136 valence electrons. The quantitative estimate of drug-likeness (QED) is 0.410. The summed E-state index contributed by atoms with van der Waals surface area (Å²) < 4.78 is 5.20. The van der Waals surface area contributed by atoms with Crippen LogP contribution in [-0.2, 0) is 0 Å². The molecule has 2 rings (SSSR count). The van der Waals surface area contributed by atoms with E-state index in [0.717, 1.165) is 32.1 Å². The van der Waals surface area contributed by atoms with Gasteiger partial charge in [-0.05, 0) is 25.3 Å². The molecule has 0 aliphatic carbocycles. The molecule has 1 atom stereocenters. The van der Waals surface area contributed by atoms with Crippen LogP contribution in [-0.4, -0.2) is 72.4 Å². The molecule has 0 bridgehead atoms. The smallest absolute Gasteiger partial charge is 0.289 e. The second-order valence-electron chi connectivity index (χ2n) is 5.50. The number of guanidine groups is 1. The van der Waals surface area contributed by atoms with Gasteiger partial charge in [0, 0.05) is 38.0 Å². The number of rotatable bonds is 5. The Labute approximate surface area is 165 Å². The Morgan fingerprint density at radius 3 is 2.58 bits per heavy atom. The van der Waals surface area contributed by atoms with Gasteiger partial charge in [-0.1, -0.05) is 6.92 Å². The molecule has 1 saturated heterocycles. The number of amides is 1. The third-order valence-electron chi connectivity index (χ3n) is 3.83. The molecule has 1 aromatic rings. The average Bonchev–Trinajstić information content (AvgIpc) is 3.12. The molecule has 1 aromatic heterocycles. The highest BCUT2D eigenvalue weighted by molar-refractivity contribution is 14.0. The lowest BCUT2D eigenvalue weighted by Crippen LogP contribution is -2.53. The van der Waals surface area contributed by atoms with Crippen molar-refractivity contribution in [1.82, 2.24) is 15.1 Å². The third-order valence-corrected chi connectivity index (χ3v) is 4.79. The molecule has 0 spiro atoms. The van der Waals surface area contributed by atoms with Crippen LogP contribution in [0.2, 0.25) is 0 Å². The fourth-order valence-electron chi connectivity index (χ4n) is 2.39. The minimum absolute atomic E-state index is 0. The Bertz CT molecular complexity index is 516.